The van der Waals surface area contributed by atoms with E-state index >= 15 is 0 Å². The van der Waals surface area contributed by atoms with Gasteiger partial charge in [0.15, 0.2) is 0 Å². The molecule has 25 heavy (non-hydrogen) atoms. The normalized spacial score (nSPS) is 11.1. The molecule has 6 heteroatoms. The van der Waals surface area contributed by atoms with Crippen LogP contribution in [0.15, 0.2) is 30.3 Å². The van der Waals surface area contributed by atoms with E-state index in [1.807, 2.05) is 26.8 Å². The zero-order valence-electron chi connectivity index (χ0n) is 15.1. The monoisotopic (exact) mass is 354 g/mol. The van der Waals surface area contributed by atoms with E-state index in [0.29, 0.717) is 16.6 Å². The molecule has 5 nitrogen and oxygen atoms in total. The SMILES string of the molecule is Cc1nnc(NC(=O)c2cc(C)n(-c3ccc(C(C)C)cc3)c2C)s1. The van der Waals surface area contributed by atoms with Crippen LogP contribution in [0.4, 0.5) is 5.13 Å². The van der Waals surface area contributed by atoms with E-state index in [-0.39, 0.29) is 5.91 Å². The van der Waals surface area contributed by atoms with Crippen LogP contribution in [0.25, 0.3) is 5.69 Å². The summed E-state index contributed by atoms with van der Waals surface area (Å²) in [5.41, 5.74) is 4.95. The lowest BCUT2D eigenvalue weighted by molar-refractivity contribution is 0.102. The van der Waals surface area contributed by atoms with Crippen LogP contribution >= 0.6 is 11.3 Å². The standard InChI is InChI=1S/C19H22N4OS/c1-11(2)15-6-8-16(9-7-15)23-12(3)10-17(13(23)4)18(24)20-19-22-21-14(5)25-19/h6-11H,1-5H3,(H,20,22,24). The van der Waals surface area contributed by atoms with E-state index in [0.717, 1.165) is 22.1 Å². The molecule has 1 N–H and O–H groups in total. The highest BCUT2D eigenvalue weighted by molar-refractivity contribution is 7.15. The van der Waals surface area contributed by atoms with Crippen LogP contribution < -0.4 is 5.32 Å². The van der Waals surface area contributed by atoms with E-state index in [1.54, 1.807) is 0 Å². The van der Waals surface area contributed by atoms with E-state index in [2.05, 4.69) is 58.2 Å². The molecule has 3 rings (SSSR count). The van der Waals surface area contributed by atoms with Gasteiger partial charge in [0.25, 0.3) is 5.91 Å². The maximum atomic E-state index is 12.6. The molecule has 0 atom stereocenters. The molecule has 2 aromatic heterocycles. The molecule has 0 fully saturated rings. The average molecular weight is 354 g/mol. The first-order valence-corrected chi connectivity index (χ1v) is 9.09. The lowest BCUT2D eigenvalue weighted by Gasteiger charge is -2.12. The van der Waals surface area contributed by atoms with E-state index in [4.69, 9.17) is 0 Å². The van der Waals surface area contributed by atoms with Crippen molar-refractivity contribution in [3.05, 3.63) is 57.9 Å². The number of hydrogen-bond acceptors (Lipinski definition) is 4. The van der Waals surface area contributed by atoms with E-state index in [1.165, 1.54) is 16.9 Å². The van der Waals surface area contributed by atoms with Crippen molar-refractivity contribution in [3.63, 3.8) is 0 Å². The van der Waals surface area contributed by atoms with Crippen LogP contribution in [0.5, 0.6) is 0 Å². The summed E-state index contributed by atoms with van der Waals surface area (Å²) >= 11 is 1.37. The van der Waals surface area contributed by atoms with Gasteiger partial charge in [-0.15, -0.1) is 10.2 Å². The maximum Gasteiger partial charge on any atom is 0.259 e. The number of carbonyl (C=O) groups excluding carboxylic acids is 1. The van der Waals surface area contributed by atoms with Gasteiger partial charge in [0.1, 0.15) is 5.01 Å². The number of nitrogens with zero attached hydrogens (tertiary/aromatic N) is 3. The van der Waals surface area contributed by atoms with Crippen molar-refractivity contribution in [1.29, 1.82) is 0 Å². The van der Waals surface area contributed by atoms with Gasteiger partial charge in [0.2, 0.25) is 5.13 Å². The van der Waals surface area contributed by atoms with E-state index < -0.39 is 0 Å². The topological polar surface area (TPSA) is 59.8 Å². The third-order valence-electron chi connectivity index (χ3n) is 4.24. The number of anilines is 1. The first-order chi connectivity index (χ1) is 11.9. The number of benzene rings is 1. The van der Waals surface area contributed by atoms with Crippen molar-refractivity contribution in [2.24, 2.45) is 0 Å². The summed E-state index contributed by atoms with van der Waals surface area (Å²) in [5.74, 6) is 0.340. The average Bonchev–Trinajstić information content (AvgIpc) is 3.10. The largest absolute Gasteiger partial charge is 0.318 e. The second-order valence-electron chi connectivity index (χ2n) is 6.45. The summed E-state index contributed by atoms with van der Waals surface area (Å²) in [7, 11) is 0. The first-order valence-electron chi connectivity index (χ1n) is 8.27. The minimum atomic E-state index is -0.158. The Hall–Kier alpha value is -2.47. The van der Waals surface area contributed by atoms with Crippen LogP contribution in [0.1, 0.15) is 52.1 Å². The Balaban J connectivity index is 1.91. The van der Waals surface area contributed by atoms with Gasteiger partial charge < -0.3 is 4.57 Å². The molecule has 0 saturated heterocycles. The highest BCUT2D eigenvalue weighted by atomic mass is 32.1. The van der Waals surface area contributed by atoms with Gasteiger partial charge in [-0.25, -0.2) is 0 Å². The molecule has 0 aliphatic rings. The molecule has 2 heterocycles. The Labute approximate surface area is 151 Å². The molecule has 0 saturated carbocycles. The lowest BCUT2D eigenvalue weighted by atomic mass is 10.0. The third-order valence-corrected chi connectivity index (χ3v) is 4.99. The minimum Gasteiger partial charge on any atom is -0.318 e. The molecule has 0 aliphatic heterocycles. The molecule has 3 aromatic rings. The fraction of sp³-hybridized carbons (Fsp3) is 0.316. The Kier molecular flexibility index (Phi) is 4.72. The zero-order valence-corrected chi connectivity index (χ0v) is 15.9. The number of aromatic nitrogens is 3. The smallest absolute Gasteiger partial charge is 0.259 e. The molecule has 0 spiro atoms. The van der Waals surface area contributed by atoms with Gasteiger partial charge in [-0.1, -0.05) is 37.3 Å². The lowest BCUT2D eigenvalue weighted by Crippen LogP contribution is -2.13. The van der Waals surface area contributed by atoms with Crippen molar-refractivity contribution in [2.45, 2.75) is 40.5 Å². The second-order valence-corrected chi connectivity index (χ2v) is 7.63. The molecule has 0 unspecified atom stereocenters. The number of rotatable bonds is 4. The molecular formula is C19H22N4OS. The molecule has 1 aromatic carbocycles. The fourth-order valence-electron chi connectivity index (χ4n) is 2.91. The Bertz CT molecular complexity index is 906. The fourth-order valence-corrected chi connectivity index (χ4v) is 3.50. The zero-order chi connectivity index (χ0) is 18.1. The summed E-state index contributed by atoms with van der Waals surface area (Å²) in [6.45, 7) is 10.2. The first kappa shape index (κ1) is 17.4. The van der Waals surface area contributed by atoms with Crippen LogP contribution in [-0.2, 0) is 0 Å². The van der Waals surface area contributed by atoms with Crippen LogP contribution in [0, 0.1) is 20.8 Å². The van der Waals surface area contributed by atoms with Crippen molar-refractivity contribution in [1.82, 2.24) is 14.8 Å². The molecule has 130 valence electrons. The van der Waals surface area contributed by atoms with Gasteiger partial charge >= 0.3 is 0 Å². The van der Waals surface area contributed by atoms with Gasteiger partial charge in [0, 0.05) is 17.1 Å². The van der Waals surface area contributed by atoms with Gasteiger partial charge in [-0.3, -0.25) is 10.1 Å². The van der Waals surface area contributed by atoms with Crippen LogP contribution in [0.2, 0.25) is 0 Å². The summed E-state index contributed by atoms with van der Waals surface area (Å²) in [4.78, 5) is 12.6. The molecule has 0 radical (unpaired) electrons. The highest BCUT2D eigenvalue weighted by Crippen LogP contribution is 2.24. The maximum absolute atomic E-state index is 12.6. The number of aryl methyl sites for hydroxylation is 2. The number of carbonyl (C=O) groups is 1. The molecule has 0 bridgehead atoms. The van der Waals surface area contributed by atoms with Gasteiger partial charge in [-0.05, 0) is 50.5 Å². The molecule has 1 amide bonds. The van der Waals surface area contributed by atoms with Gasteiger partial charge in [0.05, 0.1) is 5.56 Å². The summed E-state index contributed by atoms with van der Waals surface area (Å²) in [6, 6.07) is 10.4. The predicted octanol–water partition coefficient (Wildman–Crippen LogP) is 4.63. The molecule has 0 aliphatic carbocycles. The van der Waals surface area contributed by atoms with Crippen LogP contribution in [0.3, 0.4) is 0 Å². The second kappa shape index (κ2) is 6.80. The third kappa shape index (κ3) is 3.49. The van der Waals surface area contributed by atoms with Crippen LogP contribution in [-0.4, -0.2) is 20.7 Å². The van der Waals surface area contributed by atoms with Crippen molar-refractivity contribution < 1.29 is 4.79 Å². The van der Waals surface area contributed by atoms with Crippen molar-refractivity contribution in [2.75, 3.05) is 5.32 Å². The number of nitrogens with one attached hydrogen (secondary N) is 1. The predicted molar refractivity (Wildman–Crippen MR) is 102 cm³/mol. The summed E-state index contributed by atoms with van der Waals surface area (Å²) < 4.78 is 2.10. The molecular weight excluding hydrogens is 332 g/mol. The number of hydrogen-bond donors (Lipinski definition) is 1. The van der Waals surface area contributed by atoms with Crippen molar-refractivity contribution >= 4 is 22.4 Å². The Morgan fingerprint density at radius 2 is 1.80 bits per heavy atom. The van der Waals surface area contributed by atoms with Gasteiger partial charge in [-0.2, -0.15) is 0 Å². The Morgan fingerprint density at radius 3 is 2.36 bits per heavy atom. The minimum absolute atomic E-state index is 0.158. The quantitative estimate of drug-likeness (QED) is 0.743. The highest BCUT2D eigenvalue weighted by Gasteiger charge is 2.18. The summed E-state index contributed by atoms with van der Waals surface area (Å²) in [6.07, 6.45) is 0. The van der Waals surface area contributed by atoms with E-state index in [9.17, 15) is 4.79 Å². The Morgan fingerprint density at radius 1 is 1.12 bits per heavy atom. The van der Waals surface area contributed by atoms with Crippen molar-refractivity contribution in [3.8, 4) is 5.69 Å². The number of amides is 1. The summed E-state index contributed by atoms with van der Waals surface area (Å²) in [5, 5.41) is 12.1.